The van der Waals surface area contributed by atoms with Crippen LogP contribution in [-0.2, 0) is 4.79 Å². The molecule has 0 aromatic heterocycles. The molecule has 36 heavy (non-hydrogen) atoms. The first kappa shape index (κ1) is 23.5. The van der Waals surface area contributed by atoms with E-state index in [1.807, 2.05) is 41.3 Å². The number of anilines is 1. The van der Waals surface area contributed by atoms with Crippen LogP contribution in [0.2, 0.25) is 0 Å². The van der Waals surface area contributed by atoms with Crippen LogP contribution in [0.4, 0.5) is 5.69 Å². The monoisotopic (exact) mass is 486 g/mol. The highest BCUT2D eigenvalue weighted by Crippen LogP contribution is 2.55. The minimum Gasteiger partial charge on any atom is -0.474 e. The van der Waals surface area contributed by atoms with Gasteiger partial charge in [-0.25, -0.2) is 0 Å². The third kappa shape index (κ3) is 4.52. The van der Waals surface area contributed by atoms with Crippen molar-refractivity contribution in [3.8, 4) is 5.75 Å². The Hall–Kier alpha value is -2.86. The maximum atomic E-state index is 13.6. The van der Waals surface area contributed by atoms with Crippen LogP contribution in [0.1, 0.15) is 75.0 Å². The van der Waals surface area contributed by atoms with Crippen LogP contribution in [0.3, 0.4) is 0 Å². The quantitative estimate of drug-likeness (QED) is 0.259. The van der Waals surface area contributed by atoms with Crippen LogP contribution in [0, 0.1) is 23.2 Å². The molecule has 7 rings (SSSR count). The van der Waals surface area contributed by atoms with E-state index in [0.717, 1.165) is 60.6 Å². The van der Waals surface area contributed by atoms with Crippen molar-refractivity contribution in [1.82, 2.24) is 5.32 Å². The largest absolute Gasteiger partial charge is 0.474 e. The molecule has 1 atom stereocenters. The Bertz CT molecular complexity index is 1110. The third-order valence-corrected chi connectivity index (χ3v) is 8.99. The second-order valence-electron chi connectivity index (χ2n) is 11.7. The van der Waals surface area contributed by atoms with Gasteiger partial charge in [0.1, 0.15) is 11.6 Å². The van der Waals surface area contributed by atoms with Gasteiger partial charge in [0.05, 0.1) is 5.69 Å². The van der Waals surface area contributed by atoms with Gasteiger partial charge in [-0.15, -0.1) is 0 Å². The van der Waals surface area contributed by atoms with Gasteiger partial charge >= 0.3 is 0 Å². The lowest BCUT2D eigenvalue weighted by atomic mass is 9.53. The van der Waals surface area contributed by atoms with Crippen molar-refractivity contribution in [1.29, 1.82) is 5.41 Å². The number of ether oxygens (including phenoxy) is 1. The summed E-state index contributed by atoms with van der Waals surface area (Å²) in [5.74, 6) is 3.57. The summed E-state index contributed by atoms with van der Waals surface area (Å²) in [5.41, 5.74) is 8.28. The van der Waals surface area contributed by atoms with Gasteiger partial charge in [-0.05, 0) is 93.9 Å². The molecule has 1 unspecified atom stereocenters. The van der Waals surface area contributed by atoms with Gasteiger partial charge in [-0.1, -0.05) is 36.8 Å². The molecule has 2 aromatic rings. The average Bonchev–Trinajstić information content (AvgIpc) is 2.86. The first-order valence-corrected chi connectivity index (χ1v) is 13.8. The van der Waals surface area contributed by atoms with Gasteiger partial charge in [0.15, 0.2) is 0 Å². The van der Waals surface area contributed by atoms with E-state index in [-0.39, 0.29) is 11.7 Å². The lowest BCUT2D eigenvalue weighted by Gasteiger charge is -2.57. The minimum atomic E-state index is -0.725. The average molecular weight is 487 g/mol. The Balaban J connectivity index is 1.06. The van der Waals surface area contributed by atoms with Crippen molar-refractivity contribution >= 4 is 17.4 Å². The number of para-hydroxylation sites is 2. The van der Waals surface area contributed by atoms with Gasteiger partial charge in [0.2, 0.25) is 6.10 Å². The number of hydrogen-bond donors (Lipinski definition) is 3. The number of rotatable bonds is 9. The van der Waals surface area contributed by atoms with Gasteiger partial charge in [-0.3, -0.25) is 10.2 Å². The lowest BCUT2D eigenvalue weighted by molar-refractivity contribution is -0.126. The summed E-state index contributed by atoms with van der Waals surface area (Å²) in [5, 5.41) is 11.8. The Morgan fingerprint density at radius 2 is 1.72 bits per heavy atom. The lowest BCUT2D eigenvalue weighted by Crippen LogP contribution is -2.58. The third-order valence-electron chi connectivity index (χ3n) is 8.99. The Kier molecular flexibility index (Phi) is 6.24. The number of carbonyl (C=O) groups is 1. The molecule has 5 aliphatic rings. The number of hydrogen-bond acceptors (Lipinski definition) is 4. The Morgan fingerprint density at radius 1 is 1.00 bits per heavy atom. The van der Waals surface area contributed by atoms with Crippen molar-refractivity contribution < 1.29 is 9.53 Å². The van der Waals surface area contributed by atoms with E-state index < -0.39 is 6.10 Å². The number of benzene rings is 2. The van der Waals surface area contributed by atoms with Crippen LogP contribution >= 0.6 is 0 Å². The number of carbonyl (C=O) groups excluding carboxylic acids is 1. The molecular weight excluding hydrogens is 448 g/mol. The van der Waals surface area contributed by atoms with E-state index in [0.29, 0.717) is 17.6 Å². The van der Waals surface area contributed by atoms with E-state index in [4.69, 9.17) is 15.9 Å². The van der Waals surface area contributed by atoms with Crippen molar-refractivity contribution in [2.45, 2.75) is 69.4 Å². The van der Waals surface area contributed by atoms with Crippen LogP contribution < -0.4 is 20.7 Å². The number of nitrogen functional groups attached to an aromatic ring is 1. The molecule has 1 heterocycles. The second-order valence-corrected chi connectivity index (χ2v) is 11.7. The van der Waals surface area contributed by atoms with E-state index in [2.05, 4.69) is 5.32 Å². The molecule has 6 nitrogen and oxygen atoms in total. The fraction of sp³-hybridized carbons (Fsp3) is 0.533. The molecule has 4 bridgehead atoms. The minimum absolute atomic E-state index is 0.0143. The van der Waals surface area contributed by atoms with E-state index in [9.17, 15) is 4.79 Å². The molecule has 4 saturated carbocycles. The van der Waals surface area contributed by atoms with E-state index >= 15 is 0 Å². The molecule has 4 N–H and O–H groups in total. The number of nitrogens with zero attached hydrogens (tertiary/aromatic N) is 1. The first-order chi connectivity index (χ1) is 17.5. The Labute approximate surface area is 214 Å². The molecule has 1 amide bonds. The normalized spacial score (nSPS) is 30.2. The molecule has 190 valence electrons. The number of unbranched alkanes of at least 4 members (excludes halogenated alkanes) is 2. The smallest absolute Gasteiger partial charge is 0.272 e. The van der Waals surface area contributed by atoms with Gasteiger partial charge < -0.3 is 20.7 Å². The van der Waals surface area contributed by atoms with Crippen LogP contribution in [0.25, 0.3) is 0 Å². The summed E-state index contributed by atoms with van der Waals surface area (Å²) >= 11 is 0. The number of nitrogens with two attached hydrogens (primary N) is 1. The zero-order valence-electron chi connectivity index (χ0n) is 21.0. The highest BCUT2D eigenvalue weighted by molar-refractivity contribution is 6.01. The Morgan fingerprint density at radius 3 is 2.44 bits per heavy atom. The highest BCUT2D eigenvalue weighted by Gasteiger charge is 2.50. The maximum Gasteiger partial charge on any atom is 0.272 e. The van der Waals surface area contributed by atoms with Gasteiger partial charge in [0, 0.05) is 23.2 Å². The van der Waals surface area contributed by atoms with Gasteiger partial charge in [-0.2, -0.15) is 0 Å². The first-order valence-electron chi connectivity index (χ1n) is 13.8. The molecule has 1 aliphatic heterocycles. The summed E-state index contributed by atoms with van der Waals surface area (Å²) < 4.78 is 6.14. The molecule has 6 heteroatoms. The summed E-state index contributed by atoms with van der Waals surface area (Å²) in [6.07, 6.45) is 11.1. The molecule has 0 radical (unpaired) electrons. The standard InChI is InChI=1S/C30H38N4O2/c31-28(32)24-8-6-7-23(16-24)27-29(35)34(25-9-2-3-10-26(25)36-27)12-5-1-4-11-33-30-17-20-13-21(18-30)15-22(14-20)19-30/h2-3,6-10,16,20-22,27,33H,1,4-5,11-15,17-19H2,(H3,31,32). The predicted molar refractivity (Wildman–Crippen MR) is 142 cm³/mol. The fourth-order valence-corrected chi connectivity index (χ4v) is 7.78. The van der Waals surface area contributed by atoms with Crippen LogP contribution in [0.15, 0.2) is 48.5 Å². The predicted octanol–water partition coefficient (Wildman–Crippen LogP) is 5.17. The van der Waals surface area contributed by atoms with Crippen molar-refractivity contribution in [3.63, 3.8) is 0 Å². The van der Waals surface area contributed by atoms with Crippen molar-refractivity contribution in [2.24, 2.45) is 23.5 Å². The maximum absolute atomic E-state index is 13.6. The number of amides is 1. The second kappa shape index (κ2) is 9.55. The molecular formula is C30H38N4O2. The van der Waals surface area contributed by atoms with Crippen molar-refractivity contribution in [2.75, 3.05) is 18.0 Å². The molecule has 4 fully saturated rings. The molecule has 2 aromatic carbocycles. The number of nitrogens with one attached hydrogen (secondary N) is 2. The summed E-state index contributed by atoms with van der Waals surface area (Å²) in [6.45, 7) is 1.76. The molecule has 4 aliphatic carbocycles. The van der Waals surface area contributed by atoms with E-state index in [1.54, 1.807) is 12.1 Å². The summed E-state index contributed by atoms with van der Waals surface area (Å²) in [7, 11) is 0. The van der Waals surface area contributed by atoms with Crippen LogP contribution in [-0.4, -0.2) is 30.4 Å². The summed E-state index contributed by atoms with van der Waals surface area (Å²) in [4.78, 5) is 15.4. The summed E-state index contributed by atoms with van der Waals surface area (Å²) in [6, 6.07) is 15.0. The number of amidine groups is 1. The zero-order chi connectivity index (χ0) is 24.7. The van der Waals surface area contributed by atoms with Gasteiger partial charge in [0.25, 0.3) is 5.91 Å². The highest BCUT2D eigenvalue weighted by atomic mass is 16.5. The van der Waals surface area contributed by atoms with Crippen LogP contribution in [0.5, 0.6) is 5.75 Å². The van der Waals surface area contributed by atoms with Crippen molar-refractivity contribution in [3.05, 3.63) is 59.7 Å². The SMILES string of the molecule is N=C(N)c1cccc(C2Oc3ccccc3N(CCCCCNC34CC5CC(CC(C5)C3)C4)C2=O)c1. The fourth-order valence-electron chi connectivity index (χ4n) is 7.78. The molecule has 0 spiro atoms. The van der Waals surface area contributed by atoms with E-state index in [1.165, 1.54) is 38.5 Å². The molecule has 0 saturated heterocycles. The number of fused-ring (bicyclic) bond motifs is 1. The topological polar surface area (TPSA) is 91.4 Å². The zero-order valence-corrected chi connectivity index (χ0v) is 21.0.